The lowest BCUT2D eigenvalue weighted by molar-refractivity contribution is -0.154. The summed E-state index contributed by atoms with van der Waals surface area (Å²) in [7, 11) is 1.08. The summed E-state index contributed by atoms with van der Waals surface area (Å²) in [5, 5.41) is 16.3. The van der Waals surface area contributed by atoms with Gasteiger partial charge in [-0.25, -0.2) is 4.79 Å². The average Bonchev–Trinajstić information content (AvgIpc) is 3.89. The highest BCUT2D eigenvalue weighted by Crippen LogP contribution is 2.48. The number of aromatic nitrogens is 3. The van der Waals surface area contributed by atoms with Gasteiger partial charge in [0.05, 0.1) is 12.6 Å². The second kappa shape index (κ2) is 16.1. The van der Waals surface area contributed by atoms with Crippen LogP contribution in [0.5, 0.6) is 6.01 Å². The van der Waals surface area contributed by atoms with Gasteiger partial charge in [-0.2, -0.15) is 28.1 Å². The van der Waals surface area contributed by atoms with Crippen molar-refractivity contribution in [3.8, 4) is 6.01 Å². The first-order chi connectivity index (χ1) is 24.7. The van der Waals surface area contributed by atoms with Crippen LogP contribution < -0.4 is 36.6 Å². The topological polar surface area (TPSA) is 215 Å². The van der Waals surface area contributed by atoms with Gasteiger partial charge >= 0.3 is 30.0 Å². The van der Waals surface area contributed by atoms with Crippen LogP contribution >= 0.6 is 11.6 Å². The number of anilines is 3. The largest absolute Gasteiger partial charge is 0.467 e. The lowest BCUT2D eigenvalue weighted by atomic mass is 10.1. The lowest BCUT2D eigenvalue weighted by Crippen LogP contribution is -2.53. The molecule has 0 bridgehead atoms. The molecule has 0 spiro atoms. The molecule has 1 aromatic heterocycles. The van der Waals surface area contributed by atoms with E-state index in [-0.39, 0.29) is 29.8 Å². The molecule has 2 heterocycles. The first-order valence-electron chi connectivity index (χ1n) is 15.8. The summed E-state index contributed by atoms with van der Waals surface area (Å²) < 4.78 is 48.3. The molecule has 2 atom stereocenters. The summed E-state index contributed by atoms with van der Waals surface area (Å²) in [5.74, 6) is -4.18. The van der Waals surface area contributed by atoms with Crippen LogP contribution in [-0.2, 0) is 29.5 Å². The molecule has 1 saturated carbocycles. The number of carbonyl (C=O) groups excluding carboxylic acids is 5. The number of piperidine rings is 1. The van der Waals surface area contributed by atoms with Crippen LogP contribution in [0.4, 0.5) is 30.8 Å². The minimum Gasteiger partial charge on any atom is -0.467 e. The van der Waals surface area contributed by atoms with Gasteiger partial charge in [0, 0.05) is 41.8 Å². The van der Waals surface area contributed by atoms with E-state index in [0.29, 0.717) is 36.5 Å². The quantitative estimate of drug-likeness (QED) is 0.110. The Morgan fingerprint density at radius 3 is 2.33 bits per heavy atom. The maximum atomic E-state index is 13.0. The number of methoxy groups -OCH3 is 1. The van der Waals surface area contributed by atoms with Gasteiger partial charge in [0.25, 0.3) is 5.91 Å². The number of benzene rings is 2. The van der Waals surface area contributed by atoms with Gasteiger partial charge in [-0.15, -0.1) is 0 Å². The number of hydrogen-bond acceptors (Lipinski definition) is 12. The van der Waals surface area contributed by atoms with Gasteiger partial charge in [-0.1, -0.05) is 23.7 Å². The lowest BCUT2D eigenvalue weighted by Gasteiger charge is -2.23. The van der Waals surface area contributed by atoms with Gasteiger partial charge in [0.1, 0.15) is 6.04 Å². The molecule has 1 aliphatic heterocycles. The molecular formula is C32H33ClF3N9O7. The Kier molecular flexibility index (Phi) is 11.6. The molecule has 20 heteroatoms. The Labute approximate surface area is 299 Å². The number of nitrogens with one attached hydrogen (secondary N) is 6. The van der Waals surface area contributed by atoms with Crippen molar-refractivity contribution in [3.63, 3.8) is 0 Å². The smallest absolute Gasteiger partial charge is 0.422 e. The number of nitrogens with zero attached hydrogens (tertiary/aromatic N) is 3. The predicted octanol–water partition coefficient (Wildman–Crippen LogP) is 2.09. The van der Waals surface area contributed by atoms with Crippen molar-refractivity contribution in [2.24, 2.45) is 0 Å². The molecule has 3 aromatic rings. The third kappa shape index (κ3) is 10.4. The molecule has 1 saturated heterocycles. The van der Waals surface area contributed by atoms with Crippen molar-refractivity contribution < 1.29 is 46.6 Å². The molecule has 2 aliphatic rings. The first-order valence-corrected chi connectivity index (χ1v) is 16.2. The monoisotopic (exact) mass is 747 g/mol. The SMILES string of the molecule is COC(=O)[C@H](CNC(=O)C(=O)NC1CCNC(=O)C1)NC(=O)c1ccc(Nc2nc(NC3(c4ccc(Cl)cc4)CC3)nc(OCC(F)(F)F)n2)cc1. The fourth-order valence-corrected chi connectivity index (χ4v) is 5.24. The molecule has 2 fully saturated rings. The molecule has 1 unspecified atom stereocenters. The zero-order chi connectivity index (χ0) is 37.5. The summed E-state index contributed by atoms with van der Waals surface area (Å²) in [5.41, 5.74) is 0.718. The molecule has 6 N–H and O–H groups in total. The number of esters is 1. The van der Waals surface area contributed by atoms with E-state index in [1.54, 1.807) is 12.1 Å². The zero-order valence-electron chi connectivity index (χ0n) is 27.4. The highest BCUT2D eigenvalue weighted by molar-refractivity contribution is 6.35. The number of alkyl halides is 3. The van der Waals surface area contributed by atoms with E-state index in [0.717, 1.165) is 12.7 Å². The van der Waals surface area contributed by atoms with Crippen LogP contribution in [0.1, 0.15) is 41.6 Å². The molecule has 16 nitrogen and oxygen atoms in total. The van der Waals surface area contributed by atoms with Crippen molar-refractivity contribution in [2.75, 3.05) is 37.4 Å². The number of amides is 4. The highest BCUT2D eigenvalue weighted by atomic mass is 35.5. The normalized spacial score (nSPS) is 16.7. The average molecular weight is 748 g/mol. The van der Waals surface area contributed by atoms with E-state index in [2.05, 4.69) is 46.9 Å². The molecule has 4 amide bonds. The van der Waals surface area contributed by atoms with E-state index >= 15 is 0 Å². The van der Waals surface area contributed by atoms with Crippen LogP contribution in [-0.4, -0.2) is 89.6 Å². The Morgan fingerprint density at radius 2 is 1.69 bits per heavy atom. The molecular weight excluding hydrogens is 715 g/mol. The first kappa shape index (κ1) is 37.5. The zero-order valence-corrected chi connectivity index (χ0v) is 28.2. The van der Waals surface area contributed by atoms with Crippen LogP contribution in [0.3, 0.4) is 0 Å². The molecule has 2 aromatic carbocycles. The van der Waals surface area contributed by atoms with Crippen LogP contribution in [0, 0.1) is 0 Å². The third-order valence-corrected chi connectivity index (χ3v) is 8.18. The fourth-order valence-electron chi connectivity index (χ4n) is 5.12. The summed E-state index contributed by atoms with van der Waals surface area (Å²) in [6.07, 6.45) is -2.78. The summed E-state index contributed by atoms with van der Waals surface area (Å²) in [4.78, 5) is 73.8. The van der Waals surface area contributed by atoms with Crippen LogP contribution in [0.15, 0.2) is 48.5 Å². The number of carbonyl (C=O) groups is 5. The van der Waals surface area contributed by atoms with Crippen molar-refractivity contribution in [1.29, 1.82) is 0 Å². The van der Waals surface area contributed by atoms with E-state index in [4.69, 9.17) is 21.1 Å². The second-order valence-corrected chi connectivity index (χ2v) is 12.3. The molecule has 52 heavy (non-hydrogen) atoms. The Hall–Kier alpha value is -5.72. The molecule has 1 aliphatic carbocycles. The summed E-state index contributed by atoms with van der Waals surface area (Å²) in [6.45, 7) is -1.77. The minimum absolute atomic E-state index is 0.0190. The van der Waals surface area contributed by atoms with Crippen LogP contribution in [0.2, 0.25) is 5.02 Å². The maximum absolute atomic E-state index is 13.0. The Balaban J connectivity index is 1.22. The van der Waals surface area contributed by atoms with Crippen LogP contribution in [0.25, 0.3) is 0 Å². The molecule has 5 rings (SSSR count). The van der Waals surface area contributed by atoms with E-state index in [1.165, 1.54) is 24.3 Å². The van der Waals surface area contributed by atoms with E-state index in [1.807, 2.05) is 12.1 Å². The predicted molar refractivity (Wildman–Crippen MR) is 178 cm³/mol. The second-order valence-electron chi connectivity index (χ2n) is 11.9. The molecule has 0 radical (unpaired) electrons. The highest BCUT2D eigenvalue weighted by Gasteiger charge is 2.45. The van der Waals surface area contributed by atoms with Crippen molar-refractivity contribution in [2.45, 2.75) is 49.5 Å². The maximum Gasteiger partial charge on any atom is 0.422 e. The van der Waals surface area contributed by atoms with Gasteiger partial charge < -0.3 is 41.4 Å². The van der Waals surface area contributed by atoms with Gasteiger partial charge in [0.15, 0.2) is 6.61 Å². The standard InChI is InChI=1S/C32H33ClF3N9O7/c1-51-27(50)22(15-38-25(48)26(49)39-21-10-13-37-23(46)14-21)41-24(47)17-2-8-20(9-3-17)40-28-42-29(44-30(43-28)52-16-32(34,35)36)45-31(11-12-31)18-4-6-19(33)7-5-18/h2-9,21-22H,10-16H2,1H3,(H,37,46)(H,38,48)(H,39,49)(H,41,47)(H2,40,42,43,44,45)/t21?,22-/m0/s1. The Bertz CT molecular complexity index is 1810. The van der Waals surface area contributed by atoms with Gasteiger partial charge in [0.2, 0.25) is 17.8 Å². The van der Waals surface area contributed by atoms with E-state index < -0.39 is 66.7 Å². The number of hydrogen-bond donors (Lipinski definition) is 6. The van der Waals surface area contributed by atoms with Crippen molar-refractivity contribution in [1.82, 2.24) is 36.2 Å². The Morgan fingerprint density at radius 1 is 1.00 bits per heavy atom. The van der Waals surface area contributed by atoms with Crippen molar-refractivity contribution in [3.05, 3.63) is 64.7 Å². The summed E-state index contributed by atoms with van der Waals surface area (Å²) >= 11 is 6.02. The van der Waals surface area contributed by atoms with Gasteiger partial charge in [-0.05, 0) is 61.2 Å². The van der Waals surface area contributed by atoms with E-state index in [9.17, 15) is 37.1 Å². The number of ether oxygens (including phenoxy) is 2. The number of rotatable bonds is 13. The fraction of sp³-hybridized carbons (Fsp3) is 0.375. The van der Waals surface area contributed by atoms with Gasteiger partial charge in [-0.3, -0.25) is 19.2 Å². The number of halogens is 4. The summed E-state index contributed by atoms with van der Waals surface area (Å²) in [6, 6.07) is 10.3. The van der Waals surface area contributed by atoms with Crippen molar-refractivity contribution >= 4 is 58.8 Å². The minimum atomic E-state index is -4.65. The molecule has 276 valence electrons. The third-order valence-electron chi connectivity index (χ3n) is 7.93.